The second kappa shape index (κ2) is 27.3. The van der Waals surface area contributed by atoms with E-state index in [4.69, 9.17) is 9.47 Å². The summed E-state index contributed by atoms with van der Waals surface area (Å²) in [5.74, 6) is -0.109. The number of likely N-dealkylation sites (N-methyl/N-ethyl adjacent to an activating group) is 1. The van der Waals surface area contributed by atoms with Gasteiger partial charge in [0.25, 0.3) is 0 Å². The van der Waals surface area contributed by atoms with Crippen LogP contribution in [-0.2, 0) is 14.3 Å². The van der Waals surface area contributed by atoms with E-state index in [1.54, 1.807) is 0 Å². The van der Waals surface area contributed by atoms with Crippen LogP contribution in [0.5, 0.6) is 0 Å². The van der Waals surface area contributed by atoms with E-state index >= 15 is 0 Å². The van der Waals surface area contributed by atoms with E-state index < -0.39 is 0 Å². The van der Waals surface area contributed by atoms with Crippen molar-refractivity contribution < 1.29 is 31.2 Å². The number of halogens is 1. The molecule has 0 saturated carbocycles. The van der Waals surface area contributed by atoms with Crippen molar-refractivity contribution in [1.29, 1.82) is 0 Å². The van der Waals surface area contributed by atoms with Crippen LogP contribution >= 0.6 is 0 Å². The standard InChI is InChI=1S/C29H60NO3.ClH/c1-5-6-7-8-9-10-11-12-13-14-15-16-17-18-19-20-21-22-25-32-26-23-24-27-33-29(31)28-30(2,3)4;/h5-28H2,1-4H3;1H/q+1;/p-1. The Morgan fingerprint density at radius 2 is 0.853 bits per heavy atom. The van der Waals surface area contributed by atoms with E-state index in [0.29, 0.717) is 17.6 Å². The summed E-state index contributed by atoms with van der Waals surface area (Å²) in [4.78, 5) is 11.6. The van der Waals surface area contributed by atoms with E-state index in [1.807, 2.05) is 21.1 Å². The molecular formula is C29H60ClNO3. The Labute approximate surface area is 219 Å². The normalized spacial score (nSPS) is 11.4. The molecule has 0 aliphatic heterocycles. The first-order valence-electron chi connectivity index (χ1n) is 14.5. The molecule has 206 valence electrons. The maximum Gasteiger partial charge on any atom is 0.361 e. The average Bonchev–Trinajstić information content (AvgIpc) is 2.75. The largest absolute Gasteiger partial charge is 1.00 e. The van der Waals surface area contributed by atoms with Crippen LogP contribution in [0.4, 0.5) is 0 Å². The Morgan fingerprint density at radius 3 is 1.24 bits per heavy atom. The highest BCUT2D eigenvalue weighted by atomic mass is 35.5. The van der Waals surface area contributed by atoms with Gasteiger partial charge in [0.15, 0.2) is 6.54 Å². The third-order valence-corrected chi connectivity index (χ3v) is 6.19. The molecule has 0 N–H and O–H groups in total. The minimum absolute atomic E-state index is 0. The Kier molecular flexibility index (Phi) is 28.7. The van der Waals surface area contributed by atoms with Crippen LogP contribution in [0.2, 0.25) is 0 Å². The number of esters is 1. The van der Waals surface area contributed by atoms with Gasteiger partial charge in [0.2, 0.25) is 0 Å². The second-order valence-corrected chi connectivity index (χ2v) is 11.0. The lowest BCUT2D eigenvalue weighted by atomic mass is 10.0. The number of hydrogen-bond donors (Lipinski definition) is 0. The van der Waals surface area contributed by atoms with Crippen molar-refractivity contribution in [2.75, 3.05) is 47.5 Å². The predicted octanol–water partition coefficient (Wildman–Crippen LogP) is 5.08. The van der Waals surface area contributed by atoms with E-state index in [9.17, 15) is 4.79 Å². The number of quaternary nitrogens is 1. The van der Waals surface area contributed by atoms with Crippen molar-refractivity contribution in [3.8, 4) is 0 Å². The number of unbranched alkanes of at least 4 members (excludes halogenated alkanes) is 18. The van der Waals surface area contributed by atoms with Crippen LogP contribution in [0.15, 0.2) is 0 Å². The van der Waals surface area contributed by atoms with Gasteiger partial charge in [0.1, 0.15) is 0 Å². The summed E-state index contributed by atoms with van der Waals surface area (Å²) < 4.78 is 11.6. The summed E-state index contributed by atoms with van der Waals surface area (Å²) in [5.41, 5.74) is 0. The van der Waals surface area contributed by atoms with Crippen molar-refractivity contribution in [3.63, 3.8) is 0 Å². The first kappa shape index (κ1) is 35.8. The van der Waals surface area contributed by atoms with Crippen molar-refractivity contribution in [2.45, 2.75) is 135 Å². The molecule has 0 radical (unpaired) electrons. The van der Waals surface area contributed by atoms with Gasteiger partial charge in [-0.05, 0) is 19.3 Å². The number of carbonyl (C=O) groups excluding carboxylic acids is 1. The molecule has 0 aromatic carbocycles. The topological polar surface area (TPSA) is 35.5 Å². The molecule has 5 heteroatoms. The van der Waals surface area contributed by atoms with Gasteiger partial charge in [-0.2, -0.15) is 0 Å². The van der Waals surface area contributed by atoms with Crippen molar-refractivity contribution in [3.05, 3.63) is 0 Å². The molecule has 0 unspecified atom stereocenters. The molecule has 0 bridgehead atoms. The van der Waals surface area contributed by atoms with Gasteiger partial charge in [-0.15, -0.1) is 0 Å². The highest BCUT2D eigenvalue weighted by molar-refractivity contribution is 5.70. The highest BCUT2D eigenvalue weighted by Gasteiger charge is 2.14. The van der Waals surface area contributed by atoms with Crippen LogP contribution in [0, 0.1) is 0 Å². The summed E-state index contributed by atoms with van der Waals surface area (Å²) in [6.07, 6.45) is 27.2. The first-order valence-corrected chi connectivity index (χ1v) is 14.5. The minimum Gasteiger partial charge on any atom is -1.00 e. The van der Waals surface area contributed by atoms with Crippen molar-refractivity contribution in [2.24, 2.45) is 0 Å². The van der Waals surface area contributed by atoms with Gasteiger partial charge in [-0.1, -0.05) is 116 Å². The fourth-order valence-electron chi connectivity index (χ4n) is 4.13. The van der Waals surface area contributed by atoms with Gasteiger partial charge >= 0.3 is 5.97 Å². The molecule has 0 rings (SSSR count). The van der Waals surface area contributed by atoms with Gasteiger partial charge in [0, 0.05) is 13.2 Å². The lowest BCUT2D eigenvalue weighted by Crippen LogP contribution is -3.00. The molecule has 0 saturated heterocycles. The first-order chi connectivity index (χ1) is 16.0. The van der Waals surface area contributed by atoms with Crippen LogP contribution in [0.3, 0.4) is 0 Å². The summed E-state index contributed by atoms with van der Waals surface area (Å²) >= 11 is 0. The van der Waals surface area contributed by atoms with Crippen molar-refractivity contribution >= 4 is 5.97 Å². The number of hydrogen-bond acceptors (Lipinski definition) is 3. The van der Waals surface area contributed by atoms with Crippen LogP contribution in [-0.4, -0.2) is 58.0 Å². The van der Waals surface area contributed by atoms with E-state index in [0.717, 1.165) is 26.1 Å². The molecule has 0 aliphatic carbocycles. The maximum absolute atomic E-state index is 11.6. The van der Waals surface area contributed by atoms with Gasteiger partial charge < -0.3 is 26.4 Å². The zero-order valence-electron chi connectivity index (χ0n) is 23.5. The molecular weight excluding hydrogens is 446 g/mol. The molecule has 0 amide bonds. The number of rotatable bonds is 26. The molecule has 0 aliphatic rings. The fourth-order valence-corrected chi connectivity index (χ4v) is 4.13. The van der Waals surface area contributed by atoms with E-state index in [1.165, 1.54) is 116 Å². The van der Waals surface area contributed by atoms with E-state index in [2.05, 4.69) is 6.92 Å². The average molecular weight is 506 g/mol. The number of ether oxygens (including phenoxy) is 2. The minimum atomic E-state index is -0.109. The fraction of sp³-hybridized carbons (Fsp3) is 0.966. The Balaban J connectivity index is 0. The summed E-state index contributed by atoms with van der Waals surface area (Å²) in [7, 11) is 5.99. The number of carbonyl (C=O) groups is 1. The van der Waals surface area contributed by atoms with E-state index in [-0.39, 0.29) is 18.4 Å². The smallest absolute Gasteiger partial charge is 0.361 e. The SMILES string of the molecule is CCCCCCCCCCCCCCCCCCCCOCCCCOC(=O)C[N+](C)(C)C.[Cl-]. The molecule has 4 nitrogen and oxygen atoms in total. The molecule has 0 heterocycles. The lowest BCUT2D eigenvalue weighted by Gasteiger charge is -2.22. The molecule has 0 fully saturated rings. The van der Waals surface area contributed by atoms with Crippen LogP contribution < -0.4 is 12.4 Å². The molecule has 0 atom stereocenters. The Morgan fingerprint density at radius 1 is 0.529 bits per heavy atom. The second-order valence-electron chi connectivity index (χ2n) is 11.0. The maximum atomic E-state index is 11.6. The Hall–Kier alpha value is -0.320. The summed E-state index contributed by atoms with van der Waals surface area (Å²) in [6.45, 7) is 4.89. The molecule has 0 aromatic heterocycles. The number of nitrogens with zero attached hydrogens (tertiary/aromatic N) is 1. The van der Waals surface area contributed by atoms with Crippen LogP contribution in [0.25, 0.3) is 0 Å². The van der Waals surface area contributed by atoms with Gasteiger partial charge in [0.05, 0.1) is 27.7 Å². The van der Waals surface area contributed by atoms with Crippen LogP contribution in [0.1, 0.15) is 135 Å². The highest BCUT2D eigenvalue weighted by Crippen LogP contribution is 2.14. The van der Waals surface area contributed by atoms with Crippen molar-refractivity contribution in [1.82, 2.24) is 0 Å². The summed E-state index contributed by atoms with van der Waals surface area (Å²) in [5, 5.41) is 0. The zero-order valence-corrected chi connectivity index (χ0v) is 24.3. The summed E-state index contributed by atoms with van der Waals surface area (Å²) in [6, 6.07) is 0. The monoisotopic (exact) mass is 505 g/mol. The molecule has 34 heavy (non-hydrogen) atoms. The third kappa shape index (κ3) is 31.7. The van der Waals surface area contributed by atoms with Gasteiger partial charge in [-0.25, -0.2) is 4.79 Å². The van der Waals surface area contributed by atoms with Gasteiger partial charge in [-0.3, -0.25) is 0 Å². The molecule has 0 aromatic rings. The molecule has 0 spiro atoms. The Bertz CT molecular complexity index is 413. The third-order valence-electron chi connectivity index (χ3n) is 6.19. The predicted molar refractivity (Wildman–Crippen MR) is 143 cm³/mol. The lowest BCUT2D eigenvalue weighted by molar-refractivity contribution is -0.862. The zero-order chi connectivity index (χ0) is 24.5. The quantitative estimate of drug-likeness (QED) is 0.0934.